The average molecular weight is 434 g/mol. The number of halogens is 1. The van der Waals surface area contributed by atoms with Crippen LogP contribution in [0.2, 0.25) is 0 Å². The van der Waals surface area contributed by atoms with Gasteiger partial charge in [0.2, 0.25) is 5.79 Å². The SMILES string of the molecule is CC(C)(C)[S@+]([O-])N=CC[C@H](OCc1ccccc1)C1(c2cccc(F)c2)OCCO1. The third-order valence-corrected chi connectivity index (χ3v) is 6.06. The summed E-state index contributed by atoms with van der Waals surface area (Å²) in [5.41, 5.74) is 1.54. The largest absolute Gasteiger partial charge is 0.591 e. The molecule has 0 radical (unpaired) electrons. The Morgan fingerprint density at radius 3 is 2.50 bits per heavy atom. The Bertz CT molecular complexity index is 835. The fourth-order valence-corrected chi connectivity index (χ4v) is 3.68. The minimum atomic E-state index is -1.38. The summed E-state index contributed by atoms with van der Waals surface area (Å²) in [5.74, 6) is -1.64. The molecule has 1 aliphatic rings. The lowest BCUT2D eigenvalue weighted by atomic mass is 9.97. The van der Waals surface area contributed by atoms with Crippen molar-refractivity contribution >= 4 is 17.6 Å². The molecule has 0 bridgehead atoms. The van der Waals surface area contributed by atoms with Gasteiger partial charge in [-0.25, -0.2) is 4.39 Å². The highest BCUT2D eigenvalue weighted by Crippen LogP contribution is 2.38. The molecule has 0 saturated carbocycles. The van der Waals surface area contributed by atoms with Crippen LogP contribution >= 0.6 is 0 Å². The van der Waals surface area contributed by atoms with Gasteiger partial charge in [0.05, 0.1) is 26.0 Å². The van der Waals surface area contributed by atoms with Gasteiger partial charge < -0.3 is 18.8 Å². The second kappa shape index (κ2) is 10.0. The summed E-state index contributed by atoms with van der Waals surface area (Å²) >= 11 is -1.38. The molecule has 0 N–H and O–H groups in total. The van der Waals surface area contributed by atoms with Gasteiger partial charge in [-0.05, 0) is 38.5 Å². The number of nitrogens with zero attached hydrogens (tertiary/aromatic N) is 1. The fourth-order valence-electron chi connectivity index (χ4n) is 3.14. The normalized spacial score (nSPS) is 18.6. The quantitative estimate of drug-likeness (QED) is 0.453. The third-order valence-electron chi connectivity index (χ3n) is 4.67. The van der Waals surface area contributed by atoms with E-state index < -0.39 is 28.0 Å². The molecular formula is C23H28FNO4S. The van der Waals surface area contributed by atoms with Crippen LogP contribution in [-0.4, -0.2) is 34.8 Å². The Hall–Kier alpha value is -1.77. The van der Waals surface area contributed by atoms with Gasteiger partial charge in [0.25, 0.3) is 0 Å². The van der Waals surface area contributed by atoms with E-state index in [0.717, 1.165) is 5.56 Å². The van der Waals surface area contributed by atoms with Crippen LogP contribution in [0.1, 0.15) is 38.3 Å². The Kier molecular flexibility index (Phi) is 7.65. The molecule has 30 heavy (non-hydrogen) atoms. The van der Waals surface area contributed by atoms with Crippen LogP contribution in [0, 0.1) is 5.82 Å². The standard InChI is InChI=1S/C23H28FNO4S/c1-22(2,3)30(26)25-13-12-21(27-17-18-8-5-4-6-9-18)23(28-14-15-29-23)19-10-7-11-20(24)16-19/h4-11,13,16,21H,12,14-15,17H2,1-3H3/t21-,30-/m0/s1. The zero-order chi connectivity index (χ0) is 21.6. The van der Waals surface area contributed by atoms with Crippen LogP contribution in [-0.2, 0) is 38.0 Å². The zero-order valence-electron chi connectivity index (χ0n) is 17.5. The van der Waals surface area contributed by atoms with E-state index in [1.54, 1.807) is 18.3 Å². The molecule has 1 saturated heterocycles. The molecule has 1 fully saturated rings. The van der Waals surface area contributed by atoms with Crippen LogP contribution in [0.4, 0.5) is 4.39 Å². The smallest absolute Gasteiger partial charge is 0.222 e. The summed E-state index contributed by atoms with van der Waals surface area (Å²) < 4.78 is 48.2. The van der Waals surface area contributed by atoms with Crippen molar-refractivity contribution in [2.75, 3.05) is 13.2 Å². The molecule has 0 amide bonds. The summed E-state index contributed by atoms with van der Waals surface area (Å²) in [7, 11) is 0. The lowest BCUT2D eigenvalue weighted by Crippen LogP contribution is -2.43. The highest BCUT2D eigenvalue weighted by molar-refractivity contribution is 7.91. The number of hydrogen-bond donors (Lipinski definition) is 0. The third kappa shape index (κ3) is 5.68. The minimum absolute atomic E-state index is 0.297. The first-order chi connectivity index (χ1) is 14.3. The number of benzene rings is 2. The highest BCUT2D eigenvalue weighted by Gasteiger charge is 2.47. The van der Waals surface area contributed by atoms with Crippen molar-refractivity contribution in [2.45, 2.75) is 50.4 Å². The van der Waals surface area contributed by atoms with E-state index in [0.29, 0.717) is 31.8 Å². The molecule has 2 aromatic rings. The van der Waals surface area contributed by atoms with Gasteiger partial charge in [0.1, 0.15) is 28.0 Å². The molecule has 0 unspecified atom stereocenters. The first-order valence-electron chi connectivity index (χ1n) is 9.95. The van der Waals surface area contributed by atoms with Gasteiger partial charge >= 0.3 is 0 Å². The van der Waals surface area contributed by atoms with E-state index in [1.165, 1.54) is 12.1 Å². The van der Waals surface area contributed by atoms with Crippen LogP contribution in [0.25, 0.3) is 0 Å². The molecule has 7 heteroatoms. The average Bonchev–Trinajstić information content (AvgIpc) is 3.21. The van der Waals surface area contributed by atoms with Gasteiger partial charge in [-0.3, -0.25) is 0 Å². The number of ether oxygens (including phenoxy) is 3. The van der Waals surface area contributed by atoms with Crippen LogP contribution < -0.4 is 0 Å². The fraction of sp³-hybridized carbons (Fsp3) is 0.435. The molecule has 162 valence electrons. The van der Waals surface area contributed by atoms with Gasteiger partial charge in [0, 0.05) is 12.0 Å². The Balaban J connectivity index is 1.87. The molecule has 5 nitrogen and oxygen atoms in total. The maximum absolute atomic E-state index is 14.0. The molecule has 2 aromatic carbocycles. The first-order valence-corrected chi connectivity index (χ1v) is 11.1. The maximum Gasteiger partial charge on any atom is 0.222 e. The summed E-state index contributed by atoms with van der Waals surface area (Å²) in [6.45, 7) is 6.65. The summed E-state index contributed by atoms with van der Waals surface area (Å²) in [6, 6.07) is 15.9. The summed E-state index contributed by atoms with van der Waals surface area (Å²) in [6.07, 6.45) is 1.27. The van der Waals surface area contributed by atoms with Crippen molar-refractivity contribution in [3.05, 3.63) is 71.5 Å². The van der Waals surface area contributed by atoms with E-state index in [9.17, 15) is 8.94 Å². The number of rotatable bonds is 8. The molecule has 0 spiro atoms. The van der Waals surface area contributed by atoms with Gasteiger partial charge in [-0.15, -0.1) is 0 Å². The topological polar surface area (TPSA) is 63.1 Å². The van der Waals surface area contributed by atoms with Crippen molar-refractivity contribution in [1.29, 1.82) is 0 Å². The molecule has 0 aromatic heterocycles. The first kappa shape index (κ1) is 22.9. The molecule has 0 aliphatic carbocycles. The Morgan fingerprint density at radius 2 is 1.87 bits per heavy atom. The van der Waals surface area contributed by atoms with Crippen LogP contribution in [0.15, 0.2) is 59.0 Å². The van der Waals surface area contributed by atoms with E-state index >= 15 is 0 Å². The molecule has 1 aliphatic heterocycles. The summed E-state index contributed by atoms with van der Waals surface area (Å²) in [5, 5.41) is 0. The van der Waals surface area contributed by atoms with Crippen molar-refractivity contribution in [3.63, 3.8) is 0 Å². The monoisotopic (exact) mass is 433 g/mol. The second-order valence-electron chi connectivity index (χ2n) is 8.05. The van der Waals surface area contributed by atoms with Gasteiger partial charge in [-0.2, -0.15) is 0 Å². The van der Waals surface area contributed by atoms with Crippen molar-refractivity contribution in [1.82, 2.24) is 0 Å². The van der Waals surface area contributed by atoms with E-state index in [-0.39, 0.29) is 5.82 Å². The Labute approximate surface area is 180 Å². The van der Waals surface area contributed by atoms with Crippen LogP contribution in [0.5, 0.6) is 0 Å². The predicted octanol–water partition coefficient (Wildman–Crippen LogP) is 4.53. The van der Waals surface area contributed by atoms with Crippen LogP contribution in [0.3, 0.4) is 0 Å². The number of hydrogen-bond acceptors (Lipinski definition) is 5. The lowest BCUT2D eigenvalue weighted by molar-refractivity contribution is -0.243. The maximum atomic E-state index is 14.0. The zero-order valence-corrected chi connectivity index (χ0v) is 18.4. The van der Waals surface area contributed by atoms with Crippen molar-refractivity contribution in [2.24, 2.45) is 4.40 Å². The van der Waals surface area contributed by atoms with E-state index in [4.69, 9.17) is 14.2 Å². The van der Waals surface area contributed by atoms with Gasteiger partial charge in [0.15, 0.2) is 0 Å². The lowest BCUT2D eigenvalue weighted by Gasteiger charge is -2.35. The van der Waals surface area contributed by atoms with E-state index in [2.05, 4.69) is 4.40 Å². The van der Waals surface area contributed by atoms with Gasteiger partial charge in [-0.1, -0.05) is 46.9 Å². The van der Waals surface area contributed by atoms with Crippen molar-refractivity contribution in [3.8, 4) is 0 Å². The minimum Gasteiger partial charge on any atom is -0.591 e. The summed E-state index contributed by atoms with van der Waals surface area (Å²) in [4.78, 5) is 0. The Morgan fingerprint density at radius 1 is 1.17 bits per heavy atom. The predicted molar refractivity (Wildman–Crippen MR) is 116 cm³/mol. The molecule has 1 heterocycles. The highest BCUT2D eigenvalue weighted by atomic mass is 32.2. The molecule has 3 rings (SSSR count). The van der Waals surface area contributed by atoms with Crippen molar-refractivity contribution < 1.29 is 23.2 Å². The second-order valence-corrected chi connectivity index (χ2v) is 9.98. The van der Waals surface area contributed by atoms with E-state index in [1.807, 2.05) is 51.1 Å². The molecular weight excluding hydrogens is 405 g/mol. The molecule has 2 atom stereocenters.